The van der Waals surface area contributed by atoms with Crippen LogP contribution in [-0.2, 0) is 9.59 Å². The van der Waals surface area contributed by atoms with E-state index in [0.29, 0.717) is 63.6 Å². The summed E-state index contributed by atoms with van der Waals surface area (Å²) < 4.78 is 11.0. The number of carbonyl (C=O) groups is 3. The molecule has 2 N–H and O–H groups in total. The SMILES string of the molecule is CCCCN(CCCO)C(=O)CN1C[C@H](c2ccc3c(c2)OCO3)C(C(=O)O)[C@@H]1CCN1CCCN(C)C1=O. The van der Waals surface area contributed by atoms with E-state index in [-0.39, 0.29) is 37.8 Å². The number of hydrogen-bond acceptors (Lipinski definition) is 7. The Hall–Kier alpha value is -3.05. The molecule has 11 heteroatoms. The van der Waals surface area contributed by atoms with Gasteiger partial charge in [0.05, 0.1) is 12.5 Å². The van der Waals surface area contributed by atoms with Crippen molar-refractivity contribution in [1.29, 1.82) is 0 Å². The number of benzene rings is 1. The zero-order chi connectivity index (χ0) is 27.9. The second kappa shape index (κ2) is 13.3. The van der Waals surface area contributed by atoms with Crippen LogP contribution in [0.2, 0.25) is 0 Å². The molecule has 0 aliphatic carbocycles. The molecule has 3 aliphatic heterocycles. The third-order valence-corrected chi connectivity index (χ3v) is 8.13. The van der Waals surface area contributed by atoms with Crippen LogP contribution in [0.5, 0.6) is 11.5 Å². The summed E-state index contributed by atoms with van der Waals surface area (Å²) in [4.78, 5) is 46.2. The van der Waals surface area contributed by atoms with Crippen LogP contribution < -0.4 is 9.47 Å². The first-order chi connectivity index (χ1) is 18.8. The van der Waals surface area contributed by atoms with Crippen molar-refractivity contribution in [1.82, 2.24) is 19.6 Å². The van der Waals surface area contributed by atoms with Crippen LogP contribution in [0, 0.1) is 5.92 Å². The van der Waals surface area contributed by atoms with Gasteiger partial charge in [0.1, 0.15) is 0 Å². The van der Waals surface area contributed by atoms with Crippen LogP contribution in [0.25, 0.3) is 0 Å². The Balaban J connectivity index is 1.58. The Morgan fingerprint density at radius 1 is 1.13 bits per heavy atom. The van der Waals surface area contributed by atoms with Crippen molar-refractivity contribution in [2.24, 2.45) is 5.92 Å². The molecule has 0 aromatic heterocycles. The highest BCUT2D eigenvalue weighted by molar-refractivity contribution is 5.79. The predicted octanol–water partition coefficient (Wildman–Crippen LogP) is 2.04. The van der Waals surface area contributed by atoms with Gasteiger partial charge in [-0.3, -0.25) is 14.5 Å². The zero-order valence-corrected chi connectivity index (χ0v) is 23.1. The van der Waals surface area contributed by atoms with Gasteiger partial charge in [0, 0.05) is 64.9 Å². The minimum atomic E-state index is -0.914. The summed E-state index contributed by atoms with van der Waals surface area (Å²) >= 11 is 0. The largest absolute Gasteiger partial charge is 0.481 e. The smallest absolute Gasteiger partial charge is 0.319 e. The van der Waals surface area contributed by atoms with Crippen LogP contribution >= 0.6 is 0 Å². The molecule has 2 fully saturated rings. The number of aliphatic carboxylic acids is 1. The Morgan fingerprint density at radius 3 is 2.64 bits per heavy atom. The lowest BCUT2D eigenvalue weighted by atomic mass is 9.84. The van der Waals surface area contributed by atoms with Gasteiger partial charge < -0.3 is 34.4 Å². The van der Waals surface area contributed by atoms with Crippen molar-refractivity contribution in [3.05, 3.63) is 23.8 Å². The lowest BCUT2D eigenvalue weighted by Crippen LogP contribution is -2.50. The molecule has 3 atom stereocenters. The number of carboxylic acid groups (broad SMARTS) is 1. The minimum Gasteiger partial charge on any atom is -0.481 e. The molecule has 39 heavy (non-hydrogen) atoms. The molecule has 2 saturated heterocycles. The summed E-state index contributed by atoms with van der Waals surface area (Å²) in [6.07, 6.45) is 3.63. The quantitative estimate of drug-likeness (QED) is 0.385. The number of aliphatic hydroxyl groups excluding tert-OH is 1. The average molecular weight is 547 g/mol. The third kappa shape index (κ3) is 6.75. The number of amides is 3. The summed E-state index contributed by atoms with van der Waals surface area (Å²) in [6, 6.07) is 5.07. The number of nitrogens with zero attached hydrogens (tertiary/aromatic N) is 4. The summed E-state index contributed by atoms with van der Waals surface area (Å²) in [5.74, 6) is -0.850. The standard InChI is InChI=1S/C28H42N4O7/c1-3-4-11-30(13-6-15-33)25(34)18-32-17-21(20-7-8-23-24(16-20)39-19-38-23)26(27(35)36)22(32)9-14-31-12-5-10-29(2)28(31)37/h7-8,16,21-22,26,33H,3-6,9-15,17-19H2,1-2H3,(H,35,36)/t21-,22+,26?/m1/s1. The summed E-state index contributed by atoms with van der Waals surface area (Å²) in [6.45, 7) is 5.57. The van der Waals surface area contributed by atoms with Gasteiger partial charge in [0.2, 0.25) is 12.7 Å². The number of carboxylic acids is 1. The van der Waals surface area contributed by atoms with Crippen LogP contribution in [-0.4, -0.2) is 120 Å². The summed E-state index contributed by atoms with van der Waals surface area (Å²) in [7, 11) is 1.78. The zero-order valence-electron chi connectivity index (χ0n) is 23.1. The van der Waals surface area contributed by atoms with Crippen molar-refractivity contribution in [2.75, 3.05) is 66.3 Å². The number of hydrogen-bond donors (Lipinski definition) is 2. The number of ether oxygens (including phenoxy) is 2. The first kappa shape index (κ1) is 28.9. The number of likely N-dealkylation sites (tertiary alicyclic amines) is 1. The van der Waals surface area contributed by atoms with Crippen LogP contribution in [0.1, 0.15) is 50.5 Å². The van der Waals surface area contributed by atoms with E-state index >= 15 is 0 Å². The molecule has 216 valence electrons. The van der Waals surface area contributed by atoms with E-state index in [9.17, 15) is 24.6 Å². The van der Waals surface area contributed by atoms with E-state index in [1.54, 1.807) is 21.7 Å². The maximum atomic E-state index is 13.5. The van der Waals surface area contributed by atoms with Gasteiger partial charge in [0.15, 0.2) is 11.5 Å². The number of unbranched alkanes of at least 4 members (excludes halogenated alkanes) is 1. The molecular weight excluding hydrogens is 504 g/mol. The Bertz CT molecular complexity index is 1010. The Morgan fingerprint density at radius 2 is 1.90 bits per heavy atom. The molecule has 3 aliphatic rings. The van der Waals surface area contributed by atoms with Crippen molar-refractivity contribution >= 4 is 17.9 Å². The molecule has 1 unspecified atom stereocenters. The molecule has 1 aromatic rings. The molecule has 3 heterocycles. The van der Waals surface area contributed by atoms with E-state index in [2.05, 4.69) is 6.92 Å². The molecule has 0 bridgehead atoms. The Kier molecular flexibility index (Phi) is 9.90. The van der Waals surface area contributed by atoms with Gasteiger partial charge in [-0.15, -0.1) is 0 Å². The molecule has 0 spiro atoms. The van der Waals surface area contributed by atoms with Crippen molar-refractivity contribution in [3.63, 3.8) is 0 Å². The lowest BCUT2D eigenvalue weighted by molar-refractivity contribution is -0.144. The van der Waals surface area contributed by atoms with Crippen LogP contribution in [0.4, 0.5) is 4.79 Å². The highest BCUT2D eigenvalue weighted by Gasteiger charge is 2.47. The van der Waals surface area contributed by atoms with E-state index in [1.165, 1.54) is 0 Å². The van der Waals surface area contributed by atoms with E-state index in [0.717, 1.165) is 24.8 Å². The number of urea groups is 1. The maximum absolute atomic E-state index is 13.5. The van der Waals surface area contributed by atoms with Gasteiger partial charge in [-0.1, -0.05) is 19.4 Å². The number of carbonyl (C=O) groups excluding carboxylic acids is 2. The van der Waals surface area contributed by atoms with Crippen LogP contribution in [0.15, 0.2) is 18.2 Å². The molecular formula is C28H42N4O7. The first-order valence-electron chi connectivity index (χ1n) is 14.1. The van der Waals surface area contributed by atoms with Gasteiger partial charge in [-0.2, -0.15) is 0 Å². The molecule has 0 radical (unpaired) electrons. The molecule has 1 aromatic carbocycles. The average Bonchev–Trinajstić information content (AvgIpc) is 3.53. The van der Waals surface area contributed by atoms with Crippen molar-refractivity contribution in [3.8, 4) is 11.5 Å². The second-order valence-electron chi connectivity index (χ2n) is 10.7. The monoisotopic (exact) mass is 546 g/mol. The first-order valence-corrected chi connectivity index (χ1v) is 14.1. The van der Waals surface area contributed by atoms with E-state index in [1.807, 2.05) is 23.1 Å². The fraction of sp³-hybridized carbons (Fsp3) is 0.679. The second-order valence-corrected chi connectivity index (χ2v) is 10.7. The molecule has 4 rings (SSSR count). The topological polar surface area (TPSA) is 123 Å². The van der Waals surface area contributed by atoms with Gasteiger partial charge in [-0.05, 0) is 43.4 Å². The molecule has 3 amide bonds. The predicted molar refractivity (Wildman–Crippen MR) is 144 cm³/mol. The van der Waals surface area contributed by atoms with Gasteiger partial charge >= 0.3 is 12.0 Å². The number of aliphatic hydroxyl groups is 1. The maximum Gasteiger partial charge on any atom is 0.319 e. The van der Waals surface area contributed by atoms with Crippen LogP contribution in [0.3, 0.4) is 0 Å². The van der Waals surface area contributed by atoms with Crippen molar-refractivity contribution in [2.45, 2.75) is 51.0 Å². The third-order valence-electron chi connectivity index (χ3n) is 8.13. The normalized spacial score (nSPS) is 22.9. The van der Waals surface area contributed by atoms with E-state index < -0.39 is 17.9 Å². The fourth-order valence-corrected chi connectivity index (χ4v) is 6.01. The summed E-state index contributed by atoms with van der Waals surface area (Å²) in [5.41, 5.74) is 0.837. The van der Waals surface area contributed by atoms with Gasteiger partial charge in [0.25, 0.3) is 0 Å². The number of fused-ring (bicyclic) bond motifs is 1. The molecule has 0 saturated carbocycles. The van der Waals surface area contributed by atoms with Crippen molar-refractivity contribution < 1.29 is 34.1 Å². The minimum absolute atomic E-state index is 0.00777. The highest BCUT2D eigenvalue weighted by atomic mass is 16.7. The van der Waals surface area contributed by atoms with Gasteiger partial charge in [-0.25, -0.2) is 4.79 Å². The summed E-state index contributed by atoms with van der Waals surface area (Å²) in [5, 5.41) is 19.8. The Labute approximate surface area is 230 Å². The molecule has 11 nitrogen and oxygen atoms in total. The number of rotatable bonds is 13. The fourth-order valence-electron chi connectivity index (χ4n) is 6.01. The highest BCUT2D eigenvalue weighted by Crippen LogP contribution is 2.42. The lowest BCUT2D eigenvalue weighted by Gasteiger charge is -2.35. The van der Waals surface area contributed by atoms with E-state index in [4.69, 9.17) is 9.47 Å².